The van der Waals surface area contributed by atoms with Crippen molar-refractivity contribution in [1.82, 2.24) is 4.90 Å². The number of rotatable bonds is 3. The first-order valence-electron chi connectivity index (χ1n) is 6.07. The largest absolute Gasteiger partial charge is 0.373 e. The number of carbonyl (C=O) groups is 1. The van der Waals surface area contributed by atoms with Gasteiger partial charge in [-0.05, 0) is 54.0 Å². The summed E-state index contributed by atoms with van der Waals surface area (Å²) in [5.41, 5.74) is 1.07. The molecule has 1 saturated carbocycles. The lowest BCUT2D eigenvalue weighted by molar-refractivity contribution is -0.128. The van der Waals surface area contributed by atoms with Crippen LogP contribution in [-0.4, -0.2) is 29.4 Å². The normalized spacial score (nSPS) is 24.2. The maximum Gasteiger partial charge on any atom is 0.245 e. The molecule has 0 unspecified atom stereocenters. The Hall–Kier alpha value is -0.780. The Morgan fingerprint density at radius 1 is 1.24 bits per heavy atom. The molecule has 3 rings (SSSR count). The number of nitrogens with one attached hydrogen (secondary N) is 1. The molecule has 4 heteroatoms. The van der Waals surface area contributed by atoms with E-state index < -0.39 is 0 Å². The Balaban J connectivity index is 1.70. The summed E-state index contributed by atoms with van der Waals surface area (Å²) < 4.78 is 1.17. The van der Waals surface area contributed by atoms with Gasteiger partial charge < -0.3 is 10.2 Å². The molecule has 1 N–H and O–H groups in total. The van der Waals surface area contributed by atoms with Gasteiger partial charge >= 0.3 is 0 Å². The van der Waals surface area contributed by atoms with Crippen molar-refractivity contribution >= 4 is 34.2 Å². The van der Waals surface area contributed by atoms with Gasteiger partial charge in [0, 0.05) is 21.8 Å². The summed E-state index contributed by atoms with van der Waals surface area (Å²) in [5, 5.41) is 3.37. The molecule has 1 heterocycles. The molecule has 1 aromatic carbocycles. The maximum atomic E-state index is 12.2. The van der Waals surface area contributed by atoms with E-state index >= 15 is 0 Å². The summed E-state index contributed by atoms with van der Waals surface area (Å²) >= 11 is 2.30. The highest BCUT2D eigenvalue weighted by Crippen LogP contribution is 2.31. The number of anilines is 1. The minimum Gasteiger partial charge on any atom is -0.373 e. The monoisotopic (exact) mass is 342 g/mol. The molecule has 2 aliphatic rings. The van der Waals surface area contributed by atoms with Crippen molar-refractivity contribution in [1.29, 1.82) is 0 Å². The number of likely N-dealkylation sites (tertiary alicyclic amines) is 1. The second kappa shape index (κ2) is 4.48. The maximum absolute atomic E-state index is 12.2. The Labute approximate surface area is 115 Å². The van der Waals surface area contributed by atoms with Crippen LogP contribution in [0.4, 0.5) is 5.69 Å². The van der Waals surface area contributed by atoms with Gasteiger partial charge in [0.15, 0.2) is 0 Å². The molecule has 0 spiro atoms. The van der Waals surface area contributed by atoms with Gasteiger partial charge in [-0.25, -0.2) is 0 Å². The molecular formula is C13H15IN2O. The number of amides is 1. The van der Waals surface area contributed by atoms with Crippen LogP contribution in [0.2, 0.25) is 0 Å². The standard InChI is InChI=1S/C13H15IN2O/c14-10-3-1-2-4-11(10)15-12-7-8-16(13(12)17)9-5-6-9/h1-4,9,12,15H,5-8H2/t12-/m1/s1. The van der Waals surface area contributed by atoms with Crippen LogP contribution in [0.5, 0.6) is 0 Å². The third-order valence-corrected chi connectivity index (χ3v) is 4.37. The van der Waals surface area contributed by atoms with Crippen molar-refractivity contribution in [3.05, 3.63) is 27.8 Å². The minimum absolute atomic E-state index is 0.0217. The Bertz CT molecular complexity index is 445. The topological polar surface area (TPSA) is 32.3 Å². The first kappa shape index (κ1) is 11.3. The van der Waals surface area contributed by atoms with Crippen LogP contribution in [0.25, 0.3) is 0 Å². The van der Waals surface area contributed by atoms with E-state index in [4.69, 9.17) is 0 Å². The van der Waals surface area contributed by atoms with Gasteiger partial charge in [0.2, 0.25) is 5.91 Å². The molecule has 0 radical (unpaired) electrons. The van der Waals surface area contributed by atoms with Gasteiger partial charge in [-0.2, -0.15) is 0 Å². The van der Waals surface area contributed by atoms with E-state index in [1.54, 1.807) is 0 Å². The number of hydrogen-bond acceptors (Lipinski definition) is 2. The molecule has 1 aliphatic carbocycles. The third kappa shape index (κ3) is 2.27. The quantitative estimate of drug-likeness (QED) is 0.856. The average Bonchev–Trinajstić information content (AvgIpc) is 3.09. The fourth-order valence-electron chi connectivity index (χ4n) is 2.35. The highest BCUT2D eigenvalue weighted by molar-refractivity contribution is 14.1. The number of carbonyl (C=O) groups excluding carboxylic acids is 1. The van der Waals surface area contributed by atoms with E-state index in [0.29, 0.717) is 6.04 Å². The molecule has 1 amide bonds. The Morgan fingerprint density at radius 2 is 2.00 bits per heavy atom. The second-order valence-corrected chi connectivity index (χ2v) is 5.89. The molecule has 0 aromatic heterocycles. The smallest absolute Gasteiger partial charge is 0.245 e. The molecule has 1 aliphatic heterocycles. The van der Waals surface area contributed by atoms with Crippen LogP contribution >= 0.6 is 22.6 Å². The summed E-state index contributed by atoms with van der Waals surface area (Å²) in [6.45, 7) is 0.921. The van der Waals surface area contributed by atoms with Crippen LogP contribution in [-0.2, 0) is 4.79 Å². The summed E-state index contributed by atoms with van der Waals surface area (Å²) in [5.74, 6) is 0.284. The van der Waals surface area contributed by atoms with Crippen molar-refractivity contribution < 1.29 is 4.79 Å². The van der Waals surface area contributed by atoms with Crippen molar-refractivity contribution in [3.8, 4) is 0 Å². The van der Waals surface area contributed by atoms with E-state index in [9.17, 15) is 4.79 Å². The minimum atomic E-state index is -0.0217. The van der Waals surface area contributed by atoms with Crippen molar-refractivity contribution in [2.24, 2.45) is 0 Å². The second-order valence-electron chi connectivity index (χ2n) is 4.73. The number of hydrogen-bond donors (Lipinski definition) is 1. The van der Waals surface area contributed by atoms with E-state index in [-0.39, 0.29) is 11.9 Å². The van der Waals surface area contributed by atoms with E-state index in [1.165, 1.54) is 16.4 Å². The molecule has 1 aromatic rings. The Morgan fingerprint density at radius 3 is 2.71 bits per heavy atom. The third-order valence-electron chi connectivity index (χ3n) is 3.43. The highest BCUT2D eigenvalue weighted by Gasteiger charge is 2.40. The fourth-order valence-corrected chi connectivity index (χ4v) is 2.89. The first-order chi connectivity index (χ1) is 8.25. The fraction of sp³-hybridized carbons (Fsp3) is 0.462. The summed E-state index contributed by atoms with van der Waals surface area (Å²) in [4.78, 5) is 14.2. The summed E-state index contributed by atoms with van der Waals surface area (Å²) in [6, 6.07) is 8.63. The molecule has 2 fully saturated rings. The molecule has 1 atom stereocenters. The summed E-state index contributed by atoms with van der Waals surface area (Å²) in [6.07, 6.45) is 3.32. The number of para-hydroxylation sites is 1. The number of nitrogens with zero attached hydrogens (tertiary/aromatic N) is 1. The number of benzene rings is 1. The van der Waals surface area contributed by atoms with Gasteiger partial charge in [0.25, 0.3) is 0 Å². The molecular weight excluding hydrogens is 327 g/mol. The van der Waals surface area contributed by atoms with Gasteiger partial charge in [0.05, 0.1) is 0 Å². The molecule has 1 saturated heterocycles. The van der Waals surface area contributed by atoms with Crippen LogP contribution in [0.3, 0.4) is 0 Å². The van der Waals surface area contributed by atoms with Gasteiger partial charge in [-0.3, -0.25) is 4.79 Å². The molecule has 0 bridgehead atoms. The number of halogens is 1. The van der Waals surface area contributed by atoms with Gasteiger partial charge in [0.1, 0.15) is 6.04 Å². The zero-order valence-electron chi connectivity index (χ0n) is 9.53. The zero-order valence-corrected chi connectivity index (χ0v) is 11.7. The average molecular weight is 342 g/mol. The van der Waals surface area contributed by atoms with E-state index in [1.807, 2.05) is 23.1 Å². The summed E-state index contributed by atoms with van der Waals surface area (Å²) in [7, 11) is 0. The van der Waals surface area contributed by atoms with Crippen molar-refractivity contribution in [2.75, 3.05) is 11.9 Å². The lowest BCUT2D eigenvalue weighted by Gasteiger charge is -2.17. The predicted octanol–water partition coefficient (Wildman–Crippen LogP) is 2.47. The molecule has 90 valence electrons. The van der Waals surface area contributed by atoms with Crippen molar-refractivity contribution in [3.63, 3.8) is 0 Å². The van der Waals surface area contributed by atoms with Crippen LogP contribution in [0, 0.1) is 3.57 Å². The zero-order chi connectivity index (χ0) is 11.8. The highest BCUT2D eigenvalue weighted by atomic mass is 127. The molecule has 17 heavy (non-hydrogen) atoms. The van der Waals surface area contributed by atoms with E-state index in [0.717, 1.165) is 18.7 Å². The van der Waals surface area contributed by atoms with E-state index in [2.05, 4.69) is 34.0 Å². The van der Waals surface area contributed by atoms with Crippen LogP contribution in [0.1, 0.15) is 19.3 Å². The molecule has 3 nitrogen and oxygen atoms in total. The Kier molecular flexibility index (Phi) is 2.98. The lowest BCUT2D eigenvalue weighted by Crippen LogP contribution is -2.34. The van der Waals surface area contributed by atoms with Gasteiger partial charge in [-0.1, -0.05) is 12.1 Å². The lowest BCUT2D eigenvalue weighted by atomic mass is 10.2. The SMILES string of the molecule is O=C1[C@H](Nc2ccccc2I)CCN1C1CC1. The van der Waals surface area contributed by atoms with Crippen LogP contribution < -0.4 is 5.32 Å². The predicted molar refractivity (Wildman–Crippen MR) is 75.9 cm³/mol. The van der Waals surface area contributed by atoms with Crippen molar-refractivity contribution in [2.45, 2.75) is 31.3 Å². The van der Waals surface area contributed by atoms with Gasteiger partial charge in [-0.15, -0.1) is 0 Å². The first-order valence-corrected chi connectivity index (χ1v) is 7.15. The van der Waals surface area contributed by atoms with Crippen LogP contribution in [0.15, 0.2) is 24.3 Å².